The maximum Gasteiger partial charge on any atom is 0.121 e. The maximum atomic E-state index is 5.96. The Bertz CT molecular complexity index is 574. The predicted octanol–water partition coefficient (Wildman–Crippen LogP) is 3.62. The summed E-state index contributed by atoms with van der Waals surface area (Å²) in [5.41, 5.74) is 5.11. The minimum atomic E-state index is -0.125. The fourth-order valence-electron chi connectivity index (χ4n) is 2.19. The molecule has 0 aliphatic heterocycles. The van der Waals surface area contributed by atoms with E-state index in [9.17, 15) is 0 Å². The van der Waals surface area contributed by atoms with Gasteiger partial charge in [-0.2, -0.15) is 0 Å². The van der Waals surface area contributed by atoms with E-state index < -0.39 is 0 Å². The summed E-state index contributed by atoms with van der Waals surface area (Å²) in [5.74, 6) is 6.42. The maximum absolute atomic E-state index is 5.96. The number of nitrogens with one attached hydrogen (secondary N) is 1. The summed E-state index contributed by atoms with van der Waals surface area (Å²) in [5, 5.41) is 0.655. The van der Waals surface area contributed by atoms with Crippen LogP contribution in [-0.4, -0.2) is 6.10 Å². The lowest BCUT2D eigenvalue weighted by molar-refractivity contribution is 0.171. The minimum Gasteiger partial charge on any atom is -0.489 e. The zero-order chi connectivity index (χ0) is 14.5. The van der Waals surface area contributed by atoms with Gasteiger partial charge in [-0.15, -0.1) is 0 Å². The van der Waals surface area contributed by atoms with E-state index in [-0.39, 0.29) is 12.1 Å². The normalized spacial score (nSPS) is 13.8. The van der Waals surface area contributed by atoms with Gasteiger partial charge in [0.1, 0.15) is 11.9 Å². The molecule has 3 nitrogen and oxygen atoms in total. The first kappa shape index (κ1) is 14.9. The number of rotatable bonds is 5. The van der Waals surface area contributed by atoms with Crippen LogP contribution in [0.2, 0.25) is 5.02 Å². The van der Waals surface area contributed by atoms with Crippen molar-refractivity contribution >= 4 is 11.6 Å². The van der Waals surface area contributed by atoms with E-state index in [1.807, 2.05) is 37.3 Å². The van der Waals surface area contributed by atoms with Crippen LogP contribution in [0.1, 0.15) is 24.1 Å². The number of ether oxygens (including phenoxy) is 1. The number of benzene rings is 2. The first-order valence-corrected chi connectivity index (χ1v) is 6.93. The number of hydrogen-bond acceptors (Lipinski definition) is 3. The molecule has 0 heterocycles. The van der Waals surface area contributed by atoms with Crippen LogP contribution in [0.25, 0.3) is 0 Å². The summed E-state index contributed by atoms with van der Waals surface area (Å²) >= 11 is 5.96. The third kappa shape index (κ3) is 3.73. The van der Waals surface area contributed by atoms with Gasteiger partial charge in [0.15, 0.2) is 0 Å². The van der Waals surface area contributed by atoms with Crippen molar-refractivity contribution in [3.63, 3.8) is 0 Å². The molecule has 0 aromatic heterocycles. The van der Waals surface area contributed by atoms with Crippen molar-refractivity contribution < 1.29 is 4.74 Å². The molecule has 0 spiro atoms. The van der Waals surface area contributed by atoms with Gasteiger partial charge in [0.25, 0.3) is 0 Å². The van der Waals surface area contributed by atoms with Gasteiger partial charge in [0.05, 0.1) is 6.04 Å². The van der Waals surface area contributed by atoms with Crippen molar-refractivity contribution in [2.75, 3.05) is 0 Å². The van der Waals surface area contributed by atoms with Crippen LogP contribution in [0.15, 0.2) is 48.5 Å². The molecule has 2 aromatic carbocycles. The second-order valence-corrected chi connectivity index (χ2v) is 5.28. The number of halogens is 1. The van der Waals surface area contributed by atoms with Gasteiger partial charge >= 0.3 is 0 Å². The molecule has 0 saturated heterocycles. The lowest BCUT2D eigenvalue weighted by atomic mass is 10.0. The van der Waals surface area contributed by atoms with Crippen molar-refractivity contribution in [1.29, 1.82) is 0 Å². The molecule has 0 amide bonds. The van der Waals surface area contributed by atoms with Crippen LogP contribution >= 0.6 is 11.6 Å². The summed E-state index contributed by atoms with van der Waals surface area (Å²) < 4.78 is 5.92. The molecule has 2 aromatic rings. The second kappa shape index (κ2) is 6.75. The molecule has 0 aliphatic rings. The Morgan fingerprint density at radius 2 is 1.90 bits per heavy atom. The van der Waals surface area contributed by atoms with Crippen LogP contribution in [0, 0.1) is 6.92 Å². The Hall–Kier alpha value is -1.55. The largest absolute Gasteiger partial charge is 0.489 e. The Labute approximate surface area is 124 Å². The summed E-state index contributed by atoms with van der Waals surface area (Å²) in [4.78, 5) is 0. The SMILES string of the molecule is Cc1cccc(C(NN)C(C)Oc2cccc(Cl)c2)c1. The van der Waals surface area contributed by atoms with Crippen LogP contribution in [0.3, 0.4) is 0 Å². The lowest BCUT2D eigenvalue weighted by Gasteiger charge is -2.25. The van der Waals surface area contributed by atoms with E-state index in [1.54, 1.807) is 6.07 Å². The second-order valence-electron chi connectivity index (χ2n) is 4.84. The van der Waals surface area contributed by atoms with Gasteiger partial charge in [-0.1, -0.05) is 47.5 Å². The highest BCUT2D eigenvalue weighted by Crippen LogP contribution is 2.24. The van der Waals surface area contributed by atoms with E-state index in [1.165, 1.54) is 5.56 Å². The van der Waals surface area contributed by atoms with Gasteiger partial charge in [-0.3, -0.25) is 5.84 Å². The Balaban J connectivity index is 2.15. The molecule has 0 bridgehead atoms. The quantitative estimate of drug-likeness (QED) is 0.653. The molecule has 0 saturated carbocycles. The Morgan fingerprint density at radius 3 is 2.55 bits per heavy atom. The fourth-order valence-corrected chi connectivity index (χ4v) is 2.37. The fraction of sp³-hybridized carbons (Fsp3) is 0.250. The summed E-state index contributed by atoms with van der Waals surface area (Å²) in [6, 6.07) is 15.5. The molecule has 2 atom stereocenters. The highest BCUT2D eigenvalue weighted by Gasteiger charge is 2.19. The average Bonchev–Trinajstić information content (AvgIpc) is 2.39. The van der Waals surface area contributed by atoms with E-state index in [2.05, 4.69) is 24.5 Å². The standard InChI is InChI=1S/C16H19ClN2O/c1-11-5-3-6-13(9-11)16(19-18)12(2)20-15-8-4-7-14(17)10-15/h3-10,12,16,19H,18H2,1-2H3. The molecule has 0 aliphatic carbocycles. The van der Waals surface area contributed by atoms with Gasteiger partial charge in [-0.05, 0) is 37.6 Å². The third-order valence-electron chi connectivity index (χ3n) is 3.17. The smallest absolute Gasteiger partial charge is 0.121 e. The van der Waals surface area contributed by atoms with Crippen molar-refractivity contribution in [3.8, 4) is 5.75 Å². The van der Waals surface area contributed by atoms with Gasteiger partial charge in [0.2, 0.25) is 0 Å². The topological polar surface area (TPSA) is 47.3 Å². The predicted molar refractivity (Wildman–Crippen MR) is 82.8 cm³/mol. The molecule has 20 heavy (non-hydrogen) atoms. The van der Waals surface area contributed by atoms with E-state index >= 15 is 0 Å². The van der Waals surface area contributed by atoms with Crippen molar-refractivity contribution in [1.82, 2.24) is 5.43 Å². The first-order valence-electron chi connectivity index (χ1n) is 6.55. The van der Waals surface area contributed by atoms with E-state index in [0.29, 0.717) is 5.02 Å². The minimum absolute atomic E-state index is 0.0890. The monoisotopic (exact) mass is 290 g/mol. The van der Waals surface area contributed by atoms with E-state index in [4.69, 9.17) is 22.2 Å². The average molecular weight is 291 g/mol. The van der Waals surface area contributed by atoms with E-state index in [0.717, 1.165) is 11.3 Å². The van der Waals surface area contributed by atoms with Gasteiger partial charge < -0.3 is 4.74 Å². The molecule has 106 valence electrons. The summed E-state index contributed by atoms with van der Waals surface area (Å²) in [6.45, 7) is 4.04. The van der Waals surface area contributed by atoms with Gasteiger partial charge in [-0.25, -0.2) is 5.43 Å². The van der Waals surface area contributed by atoms with Crippen LogP contribution in [0.5, 0.6) is 5.75 Å². The Kier molecular flexibility index (Phi) is 5.01. The molecule has 4 heteroatoms. The molecule has 3 N–H and O–H groups in total. The van der Waals surface area contributed by atoms with Gasteiger partial charge in [0, 0.05) is 5.02 Å². The zero-order valence-electron chi connectivity index (χ0n) is 11.6. The van der Waals surface area contributed by atoms with Crippen LogP contribution < -0.4 is 16.0 Å². The number of nitrogens with two attached hydrogens (primary N) is 1. The van der Waals surface area contributed by atoms with Crippen LogP contribution in [-0.2, 0) is 0 Å². The third-order valence-corrected chi connectivity index (χ3v) is 3.40. The van der Waals surface area contributed by atoms with Crippen LogP contribution in [0.4, 0.5) is 0 Å². The molecule has 2 rings (SSSR count). The highest BCUT2D eigenvalue weighted by molar-refractivity contribution is 6.30. The highest BCUT2D eigenvalue weighted by atomic mass is 35.5. The van der Waals surface area contributed by atoms with Crippen molar-refractivity contribution in [2.24, 2.45) is 5.84 Å². The zero-order valence-corrected chi connectivity index (χ0v) is 12.4. The Morgan fingerprint density at radius 1 is 1.15 bits per heavy atom. The molecular weight excluding hydrogens is 272 g/mol. The lowest BCUT2D eigenvalue weighted by Crippen LogP contribution is -2.38. The van der Waals surface area contributed by atoms with Crippen molar-refractivity contribution in [2.45, 2.75) is 26.0 Å². The number of aryl methyl sites for hydroxylation is 1. The summed E-state index contributed by atoms with van der Waals surface area (Å²) in [6.07, 6.45) is -0.125. The summed E-state index contributed by atoms with van der Waals surface area (Å²) in [7, 11) is 0. The number of hydrazine groups is 1. The number of hydrogen-bond donors (Lipinski definition) is 2. The molecular formula is C16H19ClN2O. The molecule has 0 radical (unpaired) electrons. The first-order chi connectivity index (χ1) is 9.60. The molecule has 2 unspecified atom stereocenters. The molecule has 0 fully saturated rings. The van der Waals surface area contributed by atoms with Crippen molar-refractivity contribution in [3.05, 3.63) is 64.7 Å².